The van der Waals surface area contributed by atoms with E-state index >= 15 is 0 Å². The van der Waals surface area contributed by atoms with E-state index in [-0.39, 0.29) is 0 Å². The molecule has 0 aliphatic heterocycles. The van der Waals surface area contributed by atoms with Crippen molar-refractivity contribution in [2.45, 2.75) is 38.6 Å². The molecule has 0 aliphatic carbocycles. The highest BCUT2D eigenvalue weighted by Crippen LogP contribution is 2.23. The summed E-state index contributed by atoms with van der Waals surface area (Å²) in [6.07, 6.45) is 2.42. The van der Waals surface area contributed by atoms with Gasteiger partial charge in [-0.1, -0.05) is 44.0 Å². The minimum absolute atomic E-state index is 0.534. The van der Waals surface area contributed by atoms with E-state index in [4.69, 9.17) is 11.6 Å². The molecular weight excluding hydrogens is 206 g/mol. The average Bonchev–Trinajstić information content (AvgIpc) is 2.26. The van der Waals surface area contributed by atoms with Crippen LogP contribution in [0.1, 0.15) is 38.2 Å². The molecule has 0 spiro atoms. The smallest absolute Gasteiger partial charge is 0.0406 e. The Hall–Kier alpha value is -0.530. The summed E-state index contributed by atoms with van der Waals surface area (Å²) in [6.45, 7) is 4.49. The fraction of sp³-hybridized carbons (Fsp3) is 0.538. The van der Waals surface area contributed by atoms with Crippen LogP contribution in [-0.2, 0) is 0 Å². The molecule has 0 fully saturated rings. The molecule has 2 atom stereocenters. The molecule has 1 N–H and O–H groups in total. The van der Waals surface area contributed by atoms with Crippen LogP contribution >= 0.6 is 11.6 Å². The first-order valence-electron chi connectivity index (χ1n) is 5.61. The van der Waals surface area contributed by atoms with Gasteiger partial charge in [0, 0.05) is 11.1 Å². The molecular formula is C13H20ClN. The molecule has 0 radical (unpaired) electrons. The first-order chi connectivity index (χ1) is 7.19. The van der Waals surface area contributed by atoms with E-state index < -0.39 is 0 Å². The van der Waals surface area contributed by atoms with Gasteiger partial charge in [0.25, 0.3) is 0 Å². The van der Waals surface area contributed by atoms with Gasteiger partial charge in [0.1, 0.15) is 0 Å². The zero-order valence-corrected chi connectivity index (χ0v) is 10.5. The Morgan fingerprint density at radius 2 is 1.87 bits per heavy atom. The summed E-state index contributed by atoms with van der Waals surface area (Å²) in [5, 5.41) is 4.19. The highest BCUT2D eigenvalue weighted by atomic mass is 35.5. The highest BCUT2D eigenvalue weighted by molar-refractivity contribution is 6.30. The second-order valence-electron chi connectivity index (χ2n) is 4.02. The number of hydrogen-bond donors (Lipinski definition) is 1. The summed E-state index contributed by atoms with van der Waals surface area (Å²) >= 11 is 5.88. The van der Waals surface area contributed by atoms with Crippen LogP contribution in [0.5, 0.6) is 0 Å². The highest BCUT2D eigenvalue weighted by Gasteiger charge is 2.15. The Morgan fingerprint density at radius 1 is 1.27 bits per heavy atom. The SMILES string of the molecule is CCCC(NC)C(C)c1ccc(Cl)cc1. The summed E-state index contributed by atoms with van der Waals surface area (Å²) in [7, 11) is 2.03. The lowest BCUT2D eigenvalue weighted by molar-refractivity contribution is 0.451. The second kappa shape index (κ2) is 6.14. The predicted molar refractivity (Wildman–Crippen MR) is 67.6 cm³/mol. The van der Waals surface area contributed by atoms with Crippen molar-refractivity contribution in [3.63, 3.8) is 0 Å². The van der Waals surface area contributed by atoms with Crippen molar-refractivity contribution in [1.29, 1.82) is 0 Å². The molecule has 0 amide bonds. The number of nitrogens with one attached hydrogen (secondary N) is 1. The number of rotatable bonds is 5. The van der Waals surface area contributed by atoms with Crippen LogP contribution in [0.25, 0.3) is 0 Å². The maximum Gasteiger partial charge on any atom is 0.0406 e. The normalized spacial score (nSPS) is 14.9. The molecule has 1 aromatic rings. The molecule has 2 unspecified atom stereocenters. The standard InChI is InChI=1S/C13H20ClN/c1-4-5-13(15-3)10(2)11-6-8-12(14)9-7-11/h6-10,13,15H,4-5H2,1-3H3. The van der Waals surface area contributed by atoms with Crippen molar-refractivity contribution in [2.75, 3.05) is 7.05 Å². The monoisotopic (exact) mass is 225 g/mol. The van der Waals surface area contributed by atoms with Gasteiger partial charge in [0.05, 0.1) is 0 Å². The number of halogens is 1. The van der Waals surface area contributed by atoms with Crippen LogP contribution in [0.15, 0.2) is 24.3 Å². The summed E-state index contributed by atoms with van der Waals surface area (Å²) in [5.74, 6) is 0.534. The largest absolute Gasteiger partial charge is 0.316 e. The molecule has 84 valence electrons. The van der Waals surface area contributed by atoms with E-state index in [9.17, 15) is 0 Å². The van der Waals surface area contributed by atoms with Crippen molar-refractivity contribution in [2.24, 2.45) is 0 Å². The number of likely N-dealkylation sites (N-methyl/N-ethyl adjacent to an activating group) is 1. The molecule has 0 bridgehead atoms. The fourth-order valence-electron chi connectivity index (χ4n) is 1.95. The van der Waals surface area contributed by atoms with Gasteiger partial charge in [-0.25, -0.2) is 0 Å². The van der Waals surface area contributed by atoms with Crippen LogP contribution in [-0.4, -0.2) is 13.1 Å². The van der Waals surface area contributed by atoms with Gasteiger partial charge < -0.3 is 5.32 Å². The molecule has 0 saturated carbocycles. The number of hydrogen-bond acceptors (Lipinski definition) is 1. The predicted octanol–water partition coefficient (Wildman–Crippen LogP) is 3.83. The van der Waals surface area contributed by atoms with Crippen molar-refractivity contribution >= 4 is 11.6 Å². The van der Waals surface area contributed by atoms with Gasteiger partial charge in [-0.05, 0) is 37.1 Å². The van der Waals surface area contributed by atoms with E-state index in [2.05, 4.69) is 31.3 Å². The van der Waals surface area contributed by atoms with Gasteiger partial charge >= 0.3 is 0 Å². The third-order valence-corrected chi connectivity index (χ3v) is 3.22. The van der Waals surface area contributed by atoms with Crippen molar-refractivity contribution in [3.8, 4) is 0 Å². The zero-order chi connectivity index (χ0) is 11.3. The molecule has 1 nitrogen and oxygen atoms in total. The molecule has 0 aromatic heterocycles. The second-order valence-corrected chi connectivity index (χ2v) is 4.46. The van der Waals surface area contributed by atoms with Gasteiger partial charge in [-0.2, -0.15) is 0 Å². The maximum atomic E-state index is 5.88. The molecule has 15 heavy (non-hydrogen) atoms. The Kier molecular flexibility index (Phi) is 5.13. The Balaban J connectivity index is 2.73. The van der Waals surface area contributed by atoms with Crippen LogP contribution in [0.3, 0.4) is 0 Å². The minimum atomic E-state index is 0.534. The van der Waals surface area contributed by atoms with Crippen LogP contribution < -0.4 is 5.32 Å². The quantitative estimate of drug-likeness (QED) is 0.803. The lowest BCUT2D eigenvalue weighted by Gasteiger charge is -2.23. The molecule has 0 saturated heterocycles. The molecule has 1 rings (SSSR count). The van der Waals surface area contributed by atoms with E-state index in [0.717, 1.165) is 5.02 Å². The first kappa shape index (κ1) is 12.5. The van der Waals surface area contributed by atoms with Gasteiger partial charge in [-0.3, -0.25) is 0 Å². The third-order valence-electron chi connectivity index (χ3n) is 2.97. The average molecular weight is 226 g/mol. The van der Waals surface area contributed by atoms with Gasteiger partial charge in [0.2, 0.25) is 0 Å². The Morgan fingerprint density at radius 3 is 2.33 bits per heavy atom. The Bertz CT molecular complexity index is 281. The van der Waals surface area contributed by atoms with Gasteiger partial charge in [0.15, 0.2) is 0 Å². The number of benzene rings is 1. The van der Waals surface area contributed by atoms with Crippen LogP contribution in [0.4, 0.5) is 0 Å². The molecule has 2 heteroatoms. The third kappa shape index (κ3) is 3.51. The summed E-state index contributed by atoms with van der Waals surface area (Å²) in [6, 6.07) is 8.72. The summed E-state index contributed by atoms with van der Waals surface area (Å²) < 4.78 is 0. The fourth-order valence-corrected chi connectivity index (χ4v) is 2.08. The Labute approximate surface area is 97.8 Å². The molecule has 1 aromatic carbocycles. The van der Waals surface area contributed by atoms with Crippen molar-refractivity contribution < 1.29 is 0 Å². The molecule has 0 aliphatic rings. The van der Waals surface area contributed by atoms with E-state index in [0.29, 0.717) is 12.0 Å². The van der Waals surface area contributed by atoms with E-state index in [1.165, 1.54) is 18.4 Å². The summed E-state index contributed by atoms with van der Waals surface area (Å²) in [4.78, 5) is 0. The topological polar surface area (TPSA) is 12.0 Å². The molecule has 0 heterocycles. The van der Waals surface area contributed by atoms with Gasteiger partial charge in [-0.15, -0.1) is 0 Å². The van der Waals surface area contributed by atoms with Crippen LogP contribution in [0, 0.1) is 0 Å². The van der Waals surface area contributed by atoms with Crippen molar-refractivity contribution in [1.82, 2.24) is 5.32 Å². The first-order valence-corrected chi connectivity index (χ1v) is 5.99. The lowest BCUT2D eigenvalue weighted by atomic mass is 9.91. The van der Waals surface area contributed by atoms with Crippen LogP contribution in [0.2, 0.25) is 5.02 Å². The zero-order valence-electron chi connectivity index (χ0n) is 9.76. The van der Waals surface area contributed by atoms with E-state index in [1.54, 1.807) is 0 Å². The minimum Gasteiger partial charge on any atom is -0.316 e. The van der Waals surface area contributed by atoms with E-state index in [1.807, 2.05) is 19.2 Å². The maximum absolute atomic E-state index is 5.88. The lowest BCUT2D eigenvalue weighted by Crippen LogP contribution is -2.30. The van der Waals surface area contributed by atoms with Crippen molar-refractivity contribution in [3.05, 3.63) is 34.9 Å². The summed E-state index contributed by atoms with van der Waals surface area (Å²) in [5.41, 5.74) is 1.35.